The van der Waals surface area contributed by atoms with Crippen LogP contribution in [0, 0.1) is 23.0 Å². The number of sulfonamides is 1. The minimum Gasteiger partial charge on any atom is -0.258 e. The third-order valence-electron chi connectivity index (χ3n) is 2.37. The highest BCUT2D eigenvalue weighted by Crippen LogP contribution is 2.22. The number of nitro groups is 1. The zero-order valence-electron chi connectivity index (χ0n) is 10.5. The summed E-state index contributed by atoms with van der Waals surface area (Å²) in [7, 11) is -3.68. The molecule has 0 aliphatic carbocycles. The summed E-state index contributed by atoms with van der Waals surface area (Å²) in [5.41, 5.74) is 0.241. The molecule has 0 radical (unpaired) electrons. The fourth-order valence-corrected chi connectivity index (χ4v) is 2.55. The van der Waals surface area contributed by atoms with Gasteiger partial charge in [0.15, 0.2) is 0 Å². The van der Waals surface area contributed by atoms with E-state index in [2.05, 4.69) is 4.72 Å². The van der Waals surface area contributed by atoms with E-state index in [1.54, 1.807) is 6.92 Å². The number of nitrogens with one attached hydrogen (secondary N) is 1. The van der Waals surface area contributed by atoms with E-state index in [1.807, 2.05) is 13.8 Å². The van der Waals surface area contributed by atoms with Gasteiger partial charge in [-0.25, -0.2) is 13.1 Å². The molecule has 0 heterocycles. The van der Waals surface area contributed by atoms with Crippen LogP contribution in [0.4, 0.5) is 5.69 Å². The Morgan fingerprint density at radius 1 is 1.39 bits per heavy atom. The Morgan fingerprint density at radius 2 is 2.00 bits per heavy atom. The number of hydrogen-bond acceptors (Lipinski definition) is 4. The highest BCUT2D eigenvalue weighted by molar-refractivity contribution is 7.89. The van der Waals surface area contributed by atoms with Gasteiger partial charge in [0.2, 0.25) is 10.0 Å². The minimum absolute atomic E-state index is 0.0829. The van der Waals surface area contributed by atoms with Crippen molar-refractivity contribution in [3.63, 3.8) is 0 Å². The van der Waals surface area contributed by atoms with E-state index >= 15 is 0 Å². The number of rotatable bonds is 5. The molecule has 0 bridgehead atoms. The van der Waals surface area contributed by atoms with Crippen LogP contribution in [0.1, 0.15) is 19.4 Å². The zero-order valence-corrected chi connectivity index (χ0v) is 11.3. The first kappa shape index (κ1) is 14.6. The average molecular weight is 272 g/mol. The molecule has 100 valence electrons. The van der Waals surface area contributed by atoms with Crippen LogP contribution < -0.4 is 4.72 Å². The average Bonchev–Trinajstić information content (AvgIpc) is 2.26. The summed E-state index contributed by atoms with van der Waals surface area (Å²) in [4.78, 5) is 10.1. The summed E-state index contributed by atoms with van der Waals surface area (Å²) in [6.45, 7) is 5.61. The number of hydrogen-bond donors (Lipinski definition) is 1. The molecule has 0 aliphatic rings. The van der Waals surface area contributed by atoms with Crippen LogP contribution in [0.5, 0.6) is 0 Å². The lowest BCUT2D eigenvalue weighted by Crippen LogP contribution is -2.27. The van der Waals surface area contributed by atoms with Crippen LogP contribution in [0.25, 0.3) is 0 Å². The second-order valence-corrected chi connectivity index (χ2v) is 6.22. The molecular formula is C11H16N2O4S. The lowest BCUT2D eigenvalue weighted by molar-refractivity contribution is -0.385. The Kier molecular flexibility index (Phi) is 4.42. The van der Waals surface area contributed by atoms with Crippen molar-refractivity contribution in [3.8, 4) is 0 Å². The monoisotopic (exact) mass is 272 g/mol. The predicted molar refractivity (Wildman–Crippen MR) is 67.9 cm³/mol. The summed E-state index contributed by atoms with van der Waals surface area (Å²) >= 11 is 0. The van der Waals surface area contributed by atoms with Gasteiger partial charge in [0, 0.05) is 18.2 Å². The largest absolute Gasteiger partial charge is 0.273 e. The molecule has 1 N–H and O–H groups in total. The number of aryl methyl sites for hydroxylation is 1. The maximum atomic E-state index is 11.9. The summed E-state index contributed by atoms with van der Waals surface area (Å²) < 4.78 is 26.2. The van der Waals surface area contributed by atoms with Gasteiger partial charge in [-0.3, -0.25) is 10.1 Å². The van der Waals surface area contributed by atoms with Gasteiger partial charge < -0.3 is 0 Å². The highest BCUT2D eigenvalue weighted by Gasteiger charge is 2.19. The van der Waals surface area contributed by atoms with Crippen molar-refractivity contribution in [2.75, 3.05) is 6.54 Å². The van der Waals surface area contributed by atoms with Gasteiger partial charge in [0.25, 0.3) is 5.69 Å². The Bertz CT molecular complexity index is 552. The molecule has 18 heavy (non-hydrogen) atoms. The standard InChI is InChI=1S/C11H16N2O4S/c1-8(2)7-12-18(16,17)10-5-4-9(3)11(6-10)13(14)15/h4-6,8,12H,7H2,1-3H3. The molecular weight excluding hydrogens is 256 g/mol. The number of nitrogens with zero attached hydrogens (tertiary/aromatic N) is 1. The van der Waals surface area contributed by atoms with Crippen molar-refractivity contribution in [1.29, 1.82) is 0 Å². The highest BCUT2D eigenvalue weighted by atomic mass is 32.2. The van der Waals surface area contributed by atoms with E-state index in [1.165, 1.54) is 12.1 Å². The van der Waals surface area contributed by atoms with Crippen molar-refractivity contribution in [3.05, 3.63) is 33.9 Å². The molecule has 0 atom stereocenters. The molecule has 1 aromatic rings. The molecule has 0 unspecified atom stereocenters. The molecule has 0 amide bonds. The van der Waals surface area contributed by atoms with Gasteiger partial charge in [-0.15, -0.1) is 0 Å². The van der Waals surface area contributed by atoms with E-state index in [9.17, 15) is 18.5 Å². The van der Waals surface area contributed by atoms with Gasteiger partial charge in [-0.2, -0.15) is 0 Å². The predicted octanol–water partition coefficient (Wildman–Crippen LogP) is 1.84. The first-order valence-corrected chi connectivity index (χ1v) is 6.97. The molecule has 6 nitrogen and oxygen atoms in total. The summed E-state index contributed by atoms with van der Waals surface area (Å²) in [5, 5.41) is 10.8. The van der Waals surface area contributed by atoms with Crippen LogP contribution in [-0.4, -0.2) is 19.9 Å². The molecule has 0 fully saturated rings. The van der Waals surface area contributed by atoms with Crippen LogP contribution >= 0.6 is 0 Å². The topological polar surface area (TPSA) is 89.3 Å². The molecule has 1 aromatic carbocycles. The maximum absolute atomic E-state index is 11.9. The molecule has 0 aliphatic heterocycles. The van der Waals surface area contributed by atoms with E-state index in [-0.39, 0.29) is 16.5 Å². The van der Waals surface area contributed by atoms with Crippen molar-refractivity contribution in [1.82, 2.24) is 4.72 Å². The Hall–Kier alpha value is -1.47. The van der Waals surface area contributed by atoms with Crippen LogP contribution in [0.3, 0.4) is 0 Å². The summed E-state index contributed by atoms with van der Waals surface area (Å²) in [6, 6.07) is 3.88. The number of benzene rings is 1. The van der Waals surface area contributed by atoms with Gasteiger partial charge in [-0.1, -0.05) is 19.9 Å². The normalized spacial score (nSPS) is 11.8. The first-order chi connectivity index (χ1) is 8.24. The summed E-state index contributed by atoms with van der Waals surface area (Å²) in [5.74, 6) is 0.167. The van der Waals surface area contributed by atoms with Crippen molar-refractivity contribution < 1.29 is 13.3 Å². The molecule has 0 spiro atoms. The van der Waals surface area contributed by atoms with Gasteiger partial charge >= 0.3 is 0 Å². The first-order valence-electron chi connectivity index (χ1n) is 5.48. The minimum atomic E-state index is -3.68. The number of nitro benzene ring substituents is 1. The lowest BCUT2D eigenvalue weighted by Gasteiger charge is -2.09. The van der Waals surface area contributed by atoms with Crippen LogP contribution in [0.15, 0.2) is 23.1 Å². The van der Waals surface area contributed by atoms with Crippen molar-refractivity contribution >= 4 is 15.7 Å². The van der Waals surface area contributed by atoms with E-state index in [0.29, 0.717) is 12.1 Å². The molecule has 7 heteroatoms. The van der Waals surface area contributed by atoms with Gasteiger partial charge in [0.05, 0.1) is 9.82 Å². The lowest BCUT2D eigenvalue weighted by atomic mass is 10.2. The third-order valence-corrected chi connectivity index (χ3v) is 3.79. The Morgan fingerprint density at radius 3 is 2.50 bits per heavy atom. The van der Waals surface area contributed by atoms with Crippen LogP contribution in [-0.2, 0) is 10.0 Å². The van der Waals surface area contributed by atoms with E-state index in [0.717, 1.165) is 6.07 Å². The van der Waals surface area contributed by atoms with Gasteiger partial charge in [-0.05, 0) is 18.9 Å². The molecule has 0 aromatic heterocycles. The van der Waals surface area contributed by atoms with Crippen LogP contribution in [0.2, 0.25) is 0 Å². The third kappa shape index (κ3) is 3.51. The smallest absolute Gasteiger partial charge is 0.258 e. The zero-order chi connectivity index (χ0) is 13.9. The Labute approximate surface area is 106 Å². The van der Waals surface area contributed by atoms with E-state index in [4.69, 9.17) is 0 Å². The van der Waals surface area contributed by atoms with E-state index < -0.39 is 14.9 Å². The second kappa shape index (κ2) is 5.45. The van der Waals surface area contributed by atoms with Crippen molar-refractivity contribution in [2.45, 2.75) is 25.7 Å². The second-order valence-electron chi connectivity index (χ2n) is 4.45. The quantitative estimate of drug-likeness (QED) is 0.654. The fourth-order valence-electron chi connectivity index (χ4n) is 1.31. The molecule has 0 saturated carbocycles. The maximum Gasteiger partial charge on any atom is 0.273 e. The fraction of sp³-hybridized carbons (Fsp3) is 0.455. The van der Waals surface area contributed by atoms with Crippen molar-refractivity contribution in [2.24, 2.45) is 5.92 Å². The van der Waals surface area contributed by atoms with Gasteiger partial charge in [0.1, 0.15) is 0 Å². The molecule has 1 rings (SSSR count). The SMILES string of the molecule is Cc1ccc(S(=O)(=O)NCC(C)C)cc1[N+](=O)[O-]. The Balaban J connectivity index is 3.10. The molecule has 0 saturated heterocycles. The summed E-state index contributed by atoms with van der Waals surface area (Å²) in [6.07, 6.45) is 0.